The second-order valence-electron chi connectivity index (χ2n) is 4.32. The molecule has 5 nitrogen and oxygen atoms in total. The van der Waals surface area contributed by atoms with Crippen molar-refractivity contribution in [2.45, 2.75) is 13.5 Å². The lowest BCUT2D eigenvalue weighted by atomic mass is 10.1. The highest BCUT2D eigenvalue weighted by atomic mass is 16.1. The van der Waals surface area contributed by atoms with Crippen LogP contribution in [0.2, 0.25) is 0 Å². The van der Waals surface area contributed by atoms with Crippen LogP contribution in [0.15, 0.2) is 36.7 Å². The molecule has 0 bridgehead atoms. The number of rotatable bonds is 4. The third-order valence-corrected chi connectivity index (χ3v) is 2.94. The summed E-state index contributed by atoms with van der Waals surface area (Å²) in [6.07, 6.45) is 3.57. The van der Waals surface area contributed by atoms with Crippen LogP contribution in [0, 0.1) is 6.92 Å². The molecule has 0 atom stereocenters. The summed E-state index contributed by atoms with van der Waals surface area (Å²) >= 11 is 0. The lowest BCUT2D eigenvalue weighted by molar-refractivity contribution is 0.100. The van der Waals surface area contributed by atoms with E-state index in [0.717, 1.165) is 16.8 Å². The van der Waals surface area contributed by atoms with Gasteiger partial charge in [0.2, 0.25) is 5.91 Å². The Balaban J connectivity index is 2.12. The van der Waals surface area contributed by atoms with Gasteiger partial charge in [0.05, 0.1) is 11.4 Å². The Kier molecular flexibility index (Phi) is 3.66. The lowest BCUT2D eigenvalue weighted by Crippen LogP contribution is -2.12. The second kappa shape index (κ2) is 5.39. The molecule has 0 aliphatic carbocycles. The molecular weight excluding hydrogens is 240 g/mol. The van der Waals surface area contributed by atoms with Crippen molar-refractivity contribution in [3.8, 4) is 0 Å². The molecule has 19 heavy (non-hydrogen) atoms. The first-order chi connectivity index (χ1) is 9.08. The lowest BCUT2D eigenvalue weighted by Gasteiger charge is -2.11. The Morgan fingerprint density at radius 2 is 2.16 bits per heavy atom. The summed E-state index contributed by atoms with van der Waals surface area (Å²) in [5.74, 6) is -0.483. The zero-order chi connectivity index (χ0) is 13.8. The first-order valence-corrected chi connectivity index (χ1v) is 5.90. The number of aryl methyl sites for hydroxylation is 1. The van der Waals surface area contributed by atoms with Crippen LogP contribution >= 0.6 is 0 Å². The van der Waals surface area contributed by atoms with Crippen molar-refractivity contribution in [1.82, 2.24) is 4.98 Å². The number of nitrogen functional groups attached to an aromatic ring is 1. The predicted molar refractivity (Wildman–Crippen MR) is 75.7 cm³/mol. The molecule has 98 valence electrons. The molecule has 0 saturated carbocycles. The number of pyridine rings is 1. The maximum Gasteiger partial charge on any atom is 0.248 e. The number of aromatic nitrogens is 1. The van der Waals surface area contributed by atoms with E-state index in [2.05, 4.69) is 10.3 Å². The van der Waals surface area contributed by atoms with Crippen LogP contribution in [-0.4, -0.2) is 10.9 Å². The maximum atomic E-state index is 11.0. The summed E-state index contributed by atoms with van der Waals surface area (Å²) in [5.41, 5.74) is 15.0. The molecule has 1 aromatic heterocycles. The van der Waals surface area contributed by atoms with E-state index in [1.54, 1.807) is 24.4 Å². The van der Waals surface area contributed by atoms with E-state index in [9.17, 15) is 4.79 Å². The van der Waals surface area contributed by atoms with E-state index in [0.29, 0.717) is 17.8 Å². The fourth-order valence-corrected chi connectivity index (χ4v) is 1.77. The number of hydrogen-bond donors (Lipinski definition) is 3. The zero-order valence-electron chi connectivity index (χ0n) is 10.7. The normalized spacial score (nSPS) is 10.2. The van der Waals surface area contributed by atoms with Gasteiger partial charge in [0.25, 0.3) is 0 Å². The fourth-order valence-electron chi connectivity index (χ4n) is 1.77. The van der Waals surface area contributed by atoms with E-state index in [-0.39, 0.29) is 0 Å². The molecule has 0 radical (unpaired) electrons. The van der Waals surface area contributed by atoms with Gasteiger partial charge in [-0.2, -0.15) is 0 Å². The van der Waals surface area contributed by atoms with Gasteiger partial charge >= 0.3 is 0 Å². The average Bonchev–Trinajstić information content (AvgIpc) is 2.39. The van der Waals surface area contributed by atoms with Crippen LogP contribution in [-0.2, 0) is 6.54 Å². The van der Waals surface area contributed by atoms with Crippen LogP contribution in [0.3, 0.4) is 0 Å². The predicted octanol–water partition coefficient (Wildman–Crippen LogP) is 1.68. The van der Waals surface area contributed by atoms with E-state index in [1.165, 1.54) is 0 Å². The fraction of sp³-hybridized carbons (Fsp3) is 0.143. The van der Waals surface area contributed by atoms with Crippen LogP contribution < -0.4 is 16.8 Å². The molecule has 1 heterocycles. The van der Waals surface area contributed by atoms with Crippen molar-refractivity contribution in [3.63, 3.8) is 0 Å². The average molecular weight is 256 g/mol. The first-order valence-electron chi connectivity index (χ1n) is 5.90. The molecule has 1 amide bonds. The second-order valence-corrected chi connectivity index (χ2v) is 4.32. The molecule has 0 unspecified atom stereocenters. The van der Waals surface area contributed by atoms with Gasteiger partial charge in [-0.05, 0) is 42.3 Å². The number of carbonyl (C=O) groups excluding carboxylic acids is 1. The third kappa shape index (κ3) is 3.01. The van der Waals surface area contributed by atoms with Gasteiger partial charge in [-0.3, -0.25) is 9.78 Å². The summed E-state index contributed by atoms with van der Waals surface area (Å²) < 4.78 is 0. The van der Waals surface area contributed by atoms with Gasteiger partial charge in [-0.15, -0.1) is 0 Å². The molecule has 5 N–H and O–H groups in total. The van der Waals surface area contributed by atoms with Crippen LogP contribution in [0.1, 0.15) is 21.5 Å². The minimum atomic E-state index is -0.483. The Labute approximate surface area is 111 Å². The topological polar surface area (TPSA) is 94.0 Å². The van der Waals surface area contributed by atoms with Gasteiger partial charge in [0.1, 0.15) is 0 Å². The summed E-state index contributed by atoms with van der Waals surface area (Å²) in [5, 5.41) is 3.23. The van der Waals surface area contributed by atoms with Crippen molar-refractivity contribution >= 4 is 17.3 Å². The van der Waals surface area contributed by atoms with Crippen molar-refractivity contribution in [2.75, 3.05) is 11.1 Å². The standard InChI is InChI=1S/C14H16N4O/c1-9-7-17-5-4-11(9)8-18-13-3-2-10(14(16)19)6-12(13)15/h2-7,18H,8,15H2,1H3,(H2,16,19). The summed E-state index contributed by atoms with van der Waals surface area (Å²) in [6.45, 7) is 2.65. The highest BCUT2D eigenvalue weighted by molar-refractivity contribution is 5.94. The Morgan fingerprint density at radius 1 is 1.37 bits per heavy atom. The Bertz CT molecular complexity index is 610. The summed E-state index contributed by atoms with van der Waals surface area (Å²) in [4.78, 5) is 15.1. The van der Waals surface area contributed by atoms with E-state index >= 15 is 0 Å². The number of carbonyl (C=O) groups is 1. The van der Waals surface area contributed by atoms with Gasteiger partial charge in [-0.1, -0.05) is 0 Å². The highest BCUT2D eigenvalue weighted by Gasteiger charge is 2.05. The molecular formula is C14H16N4O. The van der Waals surface area contributed by atoms with Crippen LogP contribution in [0.5, 0.6) is 0 Å². The van der Waals surface area contributed by atoms with Crippen molar-refractivity contribution in [1.29, 1.82) is 0 Å². The summed E-state index contributed by atoms with van der Waals surface area (Å²) in [6, 6.07) is 6.94. The molecule has 0 aliphatic rings. The number of anilines is 2. The summed E-state index contributed by atoms with van der Waals surface area (Å²) in [7, 11) is 0. The van der Waals surface area contributed by atoms with Gasteiger partial charge in [-0.25, -0.2) is 0 Å². The zero-order valence-corrected chi connectivity index (χ0v) is 10.7. The van der Waals surface area contributed by atoms with Gasteiger partial charge in [0, 0.05) is 24.5 Å². The molecule has 2 aromatic rings. The third-order valence-electron chi connectivity index (χ3n) is 2.94. The van der Waals surface area contributed by atoms with E-state index < -0.39 is 5.91 Å². The molecule has 2 rings (SSSR count). The molecule has 0 fully saturated rings. The molecule has 0 aliphatic heterocycles. The van der Waals surface area contributed by atoms with E-state index in [1.807, 2.05) is 19.2 Å². The van der Waals surface area contributed by atoms with Crippen molar-refractivity contribution in [2.24, 2.45) is 5.73 Å². The number of benzene rings is 1. The minimum absolute atomic E-state index is 0.406. The number of amides is 1. The molecule has 0 spiro atoms. The number of nitrogens with one attached hydrogen (secondary N) is 1. The first kappa shape index (κ1) is 12.9. The minimum Gasteiger partial charge on any atom is -0.397 e. The van der Waals surface area contributed by atoms with Crippen LogP contribution in [0.25, 0.3) is 0 Å². The Hall–Kier alpha value is -2.56. The number of primary amides is 1. The molecule has 5 heteroatoms. The molecule has 0 saturated heterocycles. The van der Waals surface area contributed by atoms with Crippen molar-refractivity contribution < 1.29 is 4.79 Å². The monoisotopic (exact) mass is 256 g/mol. The maximum absolute atomic E-state index is 11.0. The quantitative estimate of drug-likeness (QED) is 0.725. The van der Waals surface area contributed by atoms with Crippen LogP contribution in [0.4, 0.5) is 11.4 Å². The molecule has 1 aromatic carbocycles. The van der Waals surface area contributed by atoms with Crippen molar-refractivity contribution in [3.05, 3.63) is 53.3 Å². The Morgan fingerprint density at radius 3 is 2.79 bits per heavy atom. The highest BCUT2D eigenvalue weighted by Crippen LogP contribution is 2.20. The van der Waals surface area contributed by atoms with Gasteiger partial charge < -0.3 is 16.8 Å². The number of nitrogens with two attached hydrogens (primary N) is 2. The van der Waals surface area contributed by atoms with Gasteiger partial charge in [0.15, 0.2) is 0 Å². The largest absolute Gasteiger partial charge is 0.397 e. The smallest absolute Gasteiger partial charge is 0.248 e. The number of hydrogen-bond acceptors (Lipinski definition) is 4. The number of nitrogens with zero attached hydrogens (tertiary/aromatic N) is 1. The van der Waals surface area contributed by atoms with E-state index in [4.69, 9.17) is 11.5 Å². The SMILES string of the molecule is Cc1cnccc1CNc1ccc(C(N)=O)cc1N.